The summed E-state index contributed by atoms with van der Waals surface area (Å²) < 4.78 is 0. The zero-order chi connectivity index (χ0) is 23.1. The Bertz CT molecular complexity index is 1060. The molecule has 34 heavy (non-hydrogen) atoms. The van der Waals surface area contributed by atoms with E-state index in [0.29, 0.717) is 0 Å². The van der Waals surface area contributed by atoms with Gasteiger partial charge in [0.25, 0.3) is 0 Å². The van der Waals surface area contributed by atoms with Gasteiger partial charge >= 0.3 is 0 Å². The molecule has 1 N–H and O–H groups in total. The van der Waals surface area contributed by atoms with Crippen LogP contribution in [0.5, 0.6) is 0 Å². The Morgan fingerprint density at radius 2 is 1.74 bits per heavy atom. The highest BCUT2D eigenvalue weighted by atomic mass is 35.5. The van der Waals surface area contributed by atoms with E-state index in [-0.39, 0.29) is 17.6 Å². The van der Waals surface area contributed by atoms with Crippen LogP contribution >= 0.6 is 11.6 Å². The number of amides is 1. The SMILES string of the molecule is O=C1N[C@@H]2CCCCN2C12CCN(CCCN1c3ccccc3CCc3ccc(Cl)cc31)CC2. The molecule has 0 radical (unpaired) electrons. The van der Waals surface area contributed by atoms with Gasteiger partial charge in [-0.1, -0.05) is 35.9 Å². The molecule has 0 unspecified atom stereocenters. The number of rotatable bonds is 4. The first-order chi connectivity index (χ1) is 16.6. The van der Waals surface area contributed by atoms with Gasteiger partial charge in [0.05, 0.1) is 6.17 Å². The van der Waals surface area contributed by atoms with Crippen molar-refractivity contribution in [1.82, 2.24) is 15.1 Å². The van der Waals surface area contributed by atoms with Crippen LogP contribution in [0.2, 0.25) is 5.02 Å². The highest BCUT2D eigenvalue weighted by molar-refractivity contribution is 6.30. The summed E-state index contributed by atoms with van der Waals surface area (Å²) in [5.41, 5.74) is 5.12. The molecule has 1 amide bonds. The summed E-state index contributed by atoms with van der Waals surface area (Å²) in [5.74, 6) is 0.286. The van der Waals surface area contributed by atoms with Gasteiger partial charge in [-0.25, -0.2) is 0 Å². The van der Waals surface area contributed by atoms with Gasteiger partial charge in [-0.05, 0) is 87.2 Å². The van der Waals surface area contributed by atoms with E-state index in [2.05, 4.69) is 56.4 Å². The summed E-state index contributed by atoms with van der Waals surface area (Å²) in [7, 11) is 0. The second-order valence-electron chi connectivity index (χ2n) is 10.5. The number of carbonyl (C=O) groups excluding carboxylic acids is 1. The molecule has 4 aliphatic heterocycles. The third-order valence-electron chi connectivity index (χ3n) is 8.60. The molecule has 4 heterocycles. The van der Waals surface area contributed by atoms with Crippen molar-refractivity contribution in [2.24, 2.45) is 0 Å². The van der Waals surface area contributed by atoms with Crippen molar-refractivity contribution in [2.45, 2.75) is 63.1 Å². The summed E-state index contributed by atoms with van der Waals surface area (Å²) in [6.45, 7) is 5.13. The lowest BCUT2D eigenvalue weighted by molar-refractivity contribution is -0.129. The number of nitrogens with one attached hydrogen (secondary N) is 1. The third-order valence-corrected chi connectivity index (χ3v) is 8.83. The monoisotopic (exact) mass is 478 g/mol. The van der Waals surface area contributed by atoms with Crippen LogP contribution in [0.4, 0.5) is 11.4 Å². The number of nitrogens with zero attached hydrogens (tertiary/aromatic N) is 3. The second-order valence-corrected chi connectivity index (χ2v) is 10.9. The minimum Gasteiger partial charge on any atom is -0.341 e. The number of benzene rings is 2. The number of anilines is 2. The van der Waals surface area contributed by atoms with Gasteiger partial charge in [-0.3, -0.25) is 9.69 Å². The number of carbonyl (C=O) groups is 1. The van der Waals surface area contributed by atoms with Gasteiger partial charge in [0.2, 0.25) is 5.91 Å². The van der Waals surface area contributed by atoms with Crippen molar-refractivity contribution < 1.29 is 4.79 Å². The van der Waals surface area contributed by atoms with E-state index in [4.69, 9.17) is 11.6 Å². The molecule has 1 atom stereocenters. The molecule has 1 spiro atoms. The number of hydrogen-bond donors (Lipinski definition) is 1. The average molecular weight is 479 g/mol. The van der Waals surface area contributed by atoms with Crippen molar-refractivity contribution in [1.29, 1.82) is 0 Å². The van der Waals surface area contributed by atoms with E-state index in [0.717, 1.165) is 76.3 Å². The summed E-state index contributed by atoms with van der Waals surface area (Å²) >= 11 is 6.43. The molecule has 3 saturated heterocycles. The Hall–Kier alpha value is -2.08. The normalized spacial score (nSPS) is 24.3. The largest absolute Gasteiger partial charge is 0.341 e. The van der Waals surface area contributed by atoms with Crippen LogP contribution in [0.1, 0.15) is 49.7 Å². The van der Waals surface area contributed by atoms with E-state index < -0.39 is 0 Å². The van der Waals surface area contributed by atoms with Crippen LogP contribution in [0.15, 0.2) is 42.5 Å². The zero-order valence-corrected chi connectivity index (χ0v) is 20.7. The number of piperidine rings is 2. The molecular formula is C28H35ClN4O. The summed E-state index contributed by atoms with van der Waals surface area (Å²) in [5, 5.41) is 4.10. The molecular weight excluding hydrogens is 444 g/mol. The van der Waals surface area contributed by atoms with Crippen molar-refractivity contribution >= 4 is 28.9 Å². The maximum absolute atomic E-state index is 12.9. The van der Waals surface area contributed by atoms with E-state index in [1.165, 1.54) is 35.3 Å². The van der Waals surface area contributed by atoms with E-state index >= 15 is 0 Å². The topological polar surface area (TPSA) is 38.8 Å². The maximum Gasteiger partial charge on any atom is 0.241 e. The number of aryl methyl sites for hydroxylation is 2. The van der Waals surface area contributed by atoms with E-state index in [1.807, 2.05) is 6.07 Å². The molecule has 0 saturated carbocycles. The third kappa shape index (κ3) is 3.92. The van der Waals surface area contributed by atoms with Crippen molar-refractivity contribution in [3.8, 4) is 0 Å². The van der Waals surface area contributed by atoms with Crippen molar-refractivity contribution in [3.05, 3.63) is 58.6 Å². The fourth-order valence-electron chi connectivity index (χ4n) is 6.75. The first-order valence-electron chi connectivity index (χ1n) is 13.1. The quantitative estimate of drug-likeness (QED) is 0.688. The van der Waals surface area contributed by atoms with Gasteiger partial charge in [0.1, 0.15) is 5.54 Å². The number of hydrogen-bond acceptors (Lipinski definition) is 4. The maximum atomic E-state index is 12.9. The Balaban J connectivity index is 1.12. The molecule has 2 aromatic carbocycles. The highest BCUT2D eigenvalue weighted by Gasteiger charge is 2.54. The minimum absolute atomic E-state index is 0.249. The van der Waals surface area contributed by atoms with Crippen molar-refractivity contribution in [2.75, 3.05) is 37.6 Å². The zero-order valence-electron chi connectivity index (χ0n) is 19.9. The molecule has 180 valence electrons. The van der Waals surface area contributed by atoms with Crippen LogP contribution in [-0.4, -0.2) is 60.1 Å². The lowest BCUT2D eigenvalue weighted by Gasteiger charge is -2.45. The molecule has 0 bridgehead atoms. The lowest BCUT2D eigenvalue weighted by Crippen LogP contribution is -2.58. The molecule has 6 rings (SSSR count). The first kappa shape index (κ1) is 22.4. The van der Waals surface area contributed by atoms with Crippen LogP contribution in [-0.2, 0) is 17.6 Å². The Morgan fingerprint density at radius 3 is 2.59 bits per heavy atom. The van der Waals surface area contributed by atoms with Crippen LogP contribution in [0.25, 0.3) is 0 Å². The molecule has 0 aliphatic carbocycles. The highest BCUT2D eigenvalue weighted by Crippen LogP contribution is 2.39. The summed E-state index contributed by atoms with van der Waals surface area (Å²) in [4.78, 5) is 20.5. The minimum atomic E-state index is -0.249. The van der Waals surface area contributed by atoms with Gasteiger partial charge < -0.3 is 15.1 Å². The lowest BCUT2D eigenvalue weighted by atomic mass is 9.85. The molecule has 4 aliphatic rings. The number of fused-ring (bicyclic) bond motifs is 4. The number of likely N-dealkylation sites (tertiary alicyclic amines) is 1. The Labute approximate surface area is 208 Å². The van der Waals surface area contributed by atoms with E-state index in [1.54, 1.807) is 0 Å². The van der Waals surface area contributed by atoms with Crippen LogP contribution in [0, 0.1) is 0 Å². The van der Waals surface area contributed by atoms with E-state index in [9.17, 15) is 4.79 Å². The summed E-state index contributed by atoms with van der Waals surface area (Å²) in [6, 6.07) is 15.2. The standard InChI is InChI=1S/C28H35ClN4O/c29-23-12-11-22-10-9-21-6-1-2-7-24(21)32(25(22)20-23)16-5-15-31-18-13-28(14-19-31)27(34)30-26-8-3-4-17-33(26)28/h1-2,6-7,11-12,20,26H,3-5,8-10,13-19H2,(H,30,34)/t26-/m0/s1. The van der Waals surface area contributed by atoms with Gasteiger partial charge in [0.15, 0.2) is 0 Å². The fourth-order valence-corrected chi connectivity index (χ4v) is 6.91. The molecule has 5 nitrogen and oxygen atoms in total. The molecule has 0 aromatic heterocycles. The number of para-hydroxylation sites is 1. The Kier molecular flexibility index (Phi) is 6.04. The predicted molar refractivity (Wildman–Crippen MR) is 138 cm³/mol. The second kappa shape index (κ2) is 9.18. The molecule has 3 fully saturated rings. The predicted octanol–water partition coefficient (Wildman–Crippen LogP) is 4.74. The van der Waals surface area contributed by atoms with Gasteiger partial charge in [0, 0.05) is 42.6 Å². The van der Waals surface area contributed by atoms with Crippen LogP contribution < -0.4 is 10.2 Å². The van der Waals surface area contributed by atoms with Crippen LogP contribution in [0.3, 0.4) is 0 Å². The van der Waals surface area contributed by atoms with Gasteiger partial charge in [-0.2, -0.15) is 0 Å². The Morgan fingerprint density at radius 1 is 0.941 bits per heavy atom. The van der Waals surface area contributed by atoms with Gasteiger partial charge in [-0.15, -0.1) is 0 Å². The average Bonchev–Trinajstić information content (AvgIpc) is 3.03. The molecule has 2 aromatic rings. The molecule has 6 heteroatoms. The number of halogens is 1. The summed E-state index contributed by atoms with van der Waals surface area (Å²) in [6.07, 6.45) is 8.97. The van der Waals surface area contributed by atoms with Crippen molar-refractivity contribution in [3.63, 3.8) is 0 Å². The first-order valence-corrected chi connectivity index (χ1v) is 13.5. The fraction of sp³-hybridized carbons (Fsp3) is 0.536. The smallest absolute Gasteiger partial charge is 0.241 e.